The number of hydrogen-bond donors (Lipinski definition) is 2. The normalized spacial score (nSPS) is 11.4. The summed E-state index contributed by atoms with van der Waals surface area (Å²) in [6.45, 7) is 1.89. The molecule has 0 aliphatic rings. The second kappa shape index (κ2) is 8.81. The van der Waals surface area contributed by atoms with Crippen LogP contribution in [0.25, 0.3) is 0 Å². The number of aromatic nitrogens is 1. The zero-order valence-electron chi connectivity index (χ0n) is 15.8. The van der Waals surface area contributed by atoms with Crippen molar-refractivity contribution in [3.8, 4) is 0 Å². The first-order valence-electron chi connectivity index (χ1n) is 8.95. The monoisotopic (exact) mass is 374 g/mol. The van der Waals surface area contributed by atoms with Crippen LogP contribution in [0.1, 0.15) is 28.9 Å². The highest BCUT2D eigenvalue weighted by atomic mass is 16.2. The van der Waals surface area contributed by atoms with Crippen molar-refractivity contribution in [2.24, 2.45) is 0 Å². The second-order valence-electron chi connectivity index (χ2n) is 6.38. The molecule has 0 aliphatic carbocycles. The molecular weight excluding hydrogens is 352 g/mol. The fourth-order valence-electron chi connectivity index (χ4n) is 2.79. The van der Waals surface area contributed by atoms with Gasteiger partial charge in [0, 0.05) is 36.4 Å². The third-order valence-electron chi connectivity index (χ3n) is 4.37. The molecule has 0 fully saturated rings. The first-order valence-corrected chi connectivity index (χ1v) is 8.95. The standard InChI is InChI=1S/C22H22N4O2/c1-16(17-11-13-23-14-12-17)24-22(28)25-19-8-6-7-18(15-19)21(27)26(2)20-9-4-3-5-10-20/h3-16H,1-2H3,(H2,24,25,28). The van der Waals surface area contributed by atoms with Crippen molar-refractivity contribution in [3.05, 3.63) is 90.3 Å². The largest absolute Gasteiger partial charge is 0.331 e. The van der Waals surface area contributed by atoms with Gasteiger partial charge in [0.15, 0.2) is 0 Å². The van der Waals surface area contributed by atoms with Gasteiger partial charge in [-0.3, -0.25) is 9.78 Å². The van der Waals surface area contributed by atoms with Gasteiger partial charge < -0.3 is 15.5 Å². The molecule has 142 valence electrons. The molecule has 28 heavy (non-hydrogen) atoms. The molecule has 0 aliphatic heterocycles. The average Bonchev–Trinajstić information content (AvgIpc) is 2.74. The van der Waals surface area contributed by atoms with E-state index in [1.807, 2.05) is 49.4 Å². The van der Waals surface area contributed by atoms with Crippen molar-refractivity contribution in [2.45, 2.75) is 13.0 Å². The highest BCUT2D eigenvalue weighted by Crippen LogP contribution is 2.18. The quantitative estimate of drug-likeness (QED) is 0.701. The molecule has 1 unspecified atom stereocenters. The maximum Gasteiger partial charge on any atom is 0.319 e. The fourth-order valence-corrected chi connectivity index (χ4v) is 2.79. The molecule has 1 heterocycles. The molecule has 0 saturated carbocycles. The summed E-state index contributed by atoms with van der Waals surface area (Å²) in [7, 11) is 1.72. The molecule has 6 heteroatoms. The van der Waals surface area contributed by atoms with Gasteiger partial charge in [0.2, 0.25) is 0 Å². The Labute approximate surface area is 164 Å². The number of rotatable bonds is 5. The number of amides is 3. The Morgan fingerprint density at radius 1 is 0.964 bits per heavy atom. The Kier molecular flexibility index (Phi) is 6.01. The number of nitrogens with zero attached hydrogens (tertiary/aromatic N) is 2. The second-order valence-corrected chi connectivity index (χ2v) is 6.38. The Balaban J connectivity index is 1.66. The average molecular weight is 374 g/mol. The van der Waals surface area contributed by atoms with Crippen molar-refractivity contribution in [2.75, 3.05) is 17.3 Å². The number of anilines is 2. The van der Waals surface area contributed by atoms with Crippen molar-refractivity contribution in [3.63, 3.8) is 0 Å². The summed E-state index contributed by atoms with van der Waals surface area (Å²) in [6.07, 6.45) is 3.37. The summed E-state index contributed by atoms with van der Waals surface area (Å²) in [5.74, 6) is -0.152. The molecule has 2 N–H and O–H groups in total. The first-order chi connectivity index (χ1) is 13.5. The number of carbonyl (C=O) groups excluding carboxylic acids is 2. The van der Waals surface area contributed by atoms with E-state index >= 15 is 0 Å². The van der Waals surface area contributed by atoms with Crippen LogP contribution in [0.15, 0.2) is 79.1 Å². The van der Waals surface area contributed by atoms with Crippen molar-refractivity contribution in [1.82, 2.24) is 10.3 Å². The van der Waals surface area contributed by atoms with Crippen molar-refractivity contribution >= 4 is 23.3 Å². The minimum Gasteiger partial charge on any atom is -0.331 e. The van der Waals surface area contributed by atoms with E-state index in [9.17, 15) is 9.59 Å². The van der Waals surface area contributed by atoms with Crippen LogP contribution in [0, 0.1) is 0 Å². The number of urea groups is 1. The predicted molar refractivity (Wildman–Crippen MR) is 110 cm³/mol. The minimum absolute atomic E-state index is 0.152. The molecule has 1 atom stereocenters. The molecular formula is C22H22N4O2. The third-order valence-corrected chi connectivity index (χ3v) is 4.37. The highest BCUT2D eigenvalue weighted by Gasteiger charge is 2.15. The number of benzene rings is 2. The molecule has 0 spiro atoms. The Morgan fingerprint density at radius 2 is 1.68 bits per heavy atom. The van der Waals surface area contributed by atoms with E-state index in [1.165, 1.54) is 0 Å². The smallest absolute Gasteiger partial charge is 0.319 e. The van der Waals surface area contributed by atoms with Gasteiger partial charge in [-0.25, -0.2) is 4.79 Å². The maximum atomic E-state index is 12.7. The lowest BCUT2D eigenvalue weighted by molar-refractivity contribution is 0.0993. The van der Waals surface area contributed by atoms with E-state index in [1.54, 1.807) is 48.6 Å². The van der Waals surface area contributed by atoms with Crippen LogP contribution < -0.4 is 15.5 Å². The van der Waals surface area contributed by atoms with E-state index < -0.39 is 0 Å². The molecule has 0 radical (unpaired) electrons. The van der Waals surface area contributed by atoms with Crippen LogP contribution in [0.3, 0.4) is 0 Å². The van der Waals surface area contributed by atoms with Crippen molar-refractivity contribution < 1.29 is 9.59 Å². The molecule has 0 saturated heterocycles. The number of carbonyl (C=O) groups is 2. The lowest BCUT2D eigenvalue weighted by Gasteiger charge is -2.18. The summed E-state index contributed by atoms with van der Waals surface area (Å²) < 4.78 is 0. The van der Waals surface area contributed by atoms with Gasteiger partial charge in [-0.05, 0) is 55.0 Å². The molecule has 3 aromatic rings. The number of nitrogens with one attached hydrogen (secondary N) is 2. The molecule has 1 aromatic heterocycles. The zero-order chi connectivity index (χ0) is 19.9. The highest BCUT2D eigenvalue weighted by molar-refractivity contribution is 6.06. The Morgan fingerprint density at radius 3 is 2.39 bits per heavy atom. The van der Waals surface area contributed by atoms with Crippen LogP contribution in [-0.4, -0.2) is 24.0 Å². The number of pyridine rings is 1. The SMILES string of the molecule is CC(NC(=O)Nc1cccc(C(=O)N(C)c2ccccc2)c1)c1ccncc1. The van der Waals surface area contributed by atoms with Crippen LogP contribution in [-0.2, 0) is 0 Å². The fraction of sp³-hybridized carbons (Fsp3) is 0.136. The molecule has 6 nitrogen and oxygen atoms in total. The van der Waals surface area contributed by atoms with Gasteiger partial charge in [0.05, 0.1) is 6.04 Å². The summed E-state index contributed by atoms with van der Waals surface area (Å²) in [5, 5.41) is 5.65. The van der Waals surface area contributed by atoms with Gasteiger partial charge in [-0.2, -0.15) is 0 Å². The van der Waals surface area contributed by atoms with Crippen molar-refractivity contribution in [1.29, 1.82) is 0 Å². The van der Waals surface area contributed by atoms with E-state index in [2.05, 4.69) is 15.6 Å². The van der Waals surface area contributed by atoms with E-state index in [4.69, 9.17) is 0 Å². The number of hydrogen-bond acceptors (Lipinski definition) is 3. The summed E-state index contributed by atoms with van der Waals surface area (Å²) in [4.78, 5) is 30.6. The molecule has 2 aromatic carbocycles. The van der Waals surface area contributed by atoms with E-state index in [-0.39, 0.29) is 18.0 Å². The first kappa shape index (κ1) is 19.1. The Bertz CT molecular complexity index is 945. The van der Waals surface area contributed by atoms with Gasteiger partial charge in [0.1, 0.15) is 0 Å². The van der Waals surface area contributed by atoms with Gasteiger partial charge in [0.25, 0.3) is 5.91 Å². The molecule has 3 amide bonds. The zero-order valence-corrected chi connectivity index (χ0v) is 15.8. The maximum absolute atomic E-state index is 12.7. The third kappa shape index (κ3) is 4.73. The predicted octanol–water partition coefficient (Wildman–Crippen LogP) is 4.24. The van der Waals surface area contributed by atoms with Crippen LogP contribution in [0.2, 0.25) is 0 Å². The van der Waals surface area contributed by atoms with Gasteiger partial charge >= 0.3 is 6.03 Å². The minimum atomic E-state index is -0.342. The number of para-hydroxylation sites is 1. The van der Waals surface area contributed by atoms with Gasteiger partial charge in [-0.1, -0.05) is 24.3 Å². The summed E-state index contributed by atoms with van der Waals surface area (Å²) >= 11 is 0. The van der Waals surface area contributed by atoms with E-state index in [0.717, 1.165) is 11.3 Å². The summed E-state index contributed by atoms with van der Waals surface area (Å²) in [5.41, 5.74) is 2.80. The van der Waals surface area contributed by atoms with Crippen LogP contribution in [0.5, 0.6) is 0 Å². The van der Waals surface area contributed by atoms with E-state index in [0.29, 0.717) is 11.3 Å². The molecule has 3 rings (SSSR count). The van der Waals surface area contributed by atoms with Crippen LogP contribution in [0.4, 0.5) is 16.2 Å². The molecule has 0 bridgehead atoms. The lowest BCUT2D eigenvalue weighted by atomic mass is 10.1. The Hall–Kier alpha value is -3.67. The van der Waals surface area contributed by atoms with Crippen LogP contribution >= 0.6 is 0 Å². The van der Waals surface area contributed by atoms with Gasteiger partial charge in [-0.15, -0.1) is 0 Å². The lowest BCUT2D eigenvalue weighted by Crippen LogP contribution is -2.31. The summed E-state index contributed by atoms with van der Waals surface area (Å²) in [6, 6.07) is 19.5. The topological polar surface area (TPSA) is 74.3 Å².